The van der Waals surface area contributed by atoms with E-state index in [9.17, 15) is 9.90 Å². The lowest BCUT2D eigenvalue weighted by molar-refractivity contribution is -0.133. The molecule has 64 valence electrons. The number of rotatable bonds is 1. The van der Waals surface area contributed by atoms with Gasteiger partial charge in [-0.1, -0.05) is 6.92 Å². The minimum Gasteiger partial charge on any atom is -0.391 e. The van der Waals surface area contributed by atoms with E-state index >= 15 is 0 Å². The third-order valence-corrected chi connectivity index (χ3v) is 2.05. The summed E-state index contributed by atoms with van der Waals surface area (Å²) in [5.74, 6) is 0.156. The van der Waals surface area contributed by atoms with Gasteiger partial charge in [-0.25, -0.2) is 0 Å². The van der Waals surface area contributed by atoms with E-state index in [1.807, 2.05) is 6.92 Å². The Kier molecular flexibility index (Phi) is 2.88. The highest BCUT2D eigenvalue weighted by Crippen LogP contribution is 2.10. The van der Waals surface area contributed by atoms with E-state index in [2.05, 4.69) is 0 Å². The molecule has 0 saturated carbocycles. The molecular weight excluding hydrogens is 142 g/mol. The van der Waals surface area contributed by atoms with Crippen LogP contribution in [0.3, 0.4) is 0 Å². The molecule has 0 spiro atoms. The molecule has 1 atom stereocenters. The number of aliphatic hydroxyl groups is 1. The zero-order chi connectivity index (χ0) is 8.27. The monoisotopic (exact) mass is 157 g/mol. The number of nitrogens with zero attached hydrogens (tertiary/aromatic N) is 1. The topological polar surface area (TPSA) is 40.5 Å². The number of piperidine rings is 1. The molecule has 3 nitrogen and oxygen atoms in total. The first-order valence-corrected chi connectivity index (χ1v) is 4.20. The molecule has 11 heavy (non-hydrogen) atoms. The average molecular weight is 157 g/mol. The smallest absolute Gasteiger partial charge is 0.222 e. The lowest BCUT2D eigenvalue weighted by atomic mass is 10.1. The van der Waals surface area contributed by atoms with Gasteiger partial charge in [0, 0.05) is 19.5 Å². The van der Waals surface area contributed by atoms with Gasteiger partial charge >= 0.3 is 0 Å². The van der Waals surface area contributed by atoms with Crippen molar-refractivity contribution in [1.82, 2.24) is 4.90 Å². The molecule has 1 fully saturated rings. The van der Waals surface area contributed by atoms with Crippen molar-refractivity contribution in [3.8, 4) is 0 Å². The molecular formula is C8H15NO2. The van der Waals surface area contributed by atoms with Crippen LogP contribution in [0.15, 0.2) is 0 Å². The molecule has 0 aromatic carbocycles. The van der Waals surface area contributed by atoms with Crippen LogP contribution in [0.2, 0.25) is 0 Å². The molecule has 0 radical (unpaired) electrons. The maximum atomic E-state index is 11.1. The van der Waals surface area contributed by atoms with Crippen LogP contribution in [0.5, 0.6) is 0 Å². The van der Waals surface area contributed by atoms with Crippen LogP contribution >= 0.6 is 0 Å². The molecule has 3 heteroatoms. The van der Waals surface area contributed by atoms with Crippen LogP contribution in [0.1, 0.15) is 26.2 Å². The largest absolute Gasteiger partial charge is 0.391 e. The van der Waals surface area contributed by atoms with Gasteiger partial charge in [-0.15, -0.1) is 0 Å². The van der Waals surface area contributed by atoms with Gasteiger partial charge < -0.3 is 10.0 Å². The molecule has 0 unspecified atom stereocenters. The van der Waals surface area contributed by atoms with Gasteiger partial charge in [0.05, 0.1) is 6.10 Å². The van der Waals surface area contributed by atoms with Gasteiger partial charge in [-0.2, -0.15) is 0 Å². The molecule has 1 aliphatic rings. The van der Waals surface area contributed by atoms with Crippen LogP contribution in [0.25, 0.3) is 0 Å². The van der Waals surface area contributed by atoms with Crippen molar-refractivity contribution >= 4 is 5.91 Å². The zero-order valence-electron chi connectivity index (χ0n) is 6.92. The summed E-state index contributed by atoms with van der Waals surface area (Å²) in [7, 11) is 0. The molecule has 0 aromatic heterocycles. The Balaban J connectivity index is 2.39. The highest BCUT2D eigenvalue weighted by molar-refractivity contribution is 5.75. The standard InChI is InChI=1S/C8H15NO2/c1-2-8(11)9-5-3-4-7(10)6-9/h7,10H,2-6H2,1H3/t7-/m0/s1. The summed E-state index contributed by atoms with van der Waals surface area (Å²) >= 11 is 0. The molecule has 1 amide bonds. The molecule has 0 bridgehead atoms. The fourth-order valence-corrected chi connectivity index (χ4v) is 1.40. The van der Waals surface area contributed by atoms with Crippen molar-refractivity contribution in [3.05, 3.63) is 0 Å². The maximum Gasteiger partial charge on any atom is 0.222 e. The zero-order valence-corrected chi connectivity index (χ0v) is 6.92. The number of carbonyl (C=O) groups is 1. The Morgan fingerprint density at radius 3 is 3.00 bits per heavy atom. The fourth-order valence-electron chi connectivity index (χ4n) is 1.40. The van der Waals surface area contributed by atoms with Crippen LogP contribution < -0.4 is 0 Å². The molecule has 1 N–H and O–H groups in total. The van der Waals surface area contributed by atoms with Gasteiger partial charge in [0.1, 0.15) is 0 Å². The van der Waals surface area contributed by atoms with E-state index in [0.29, 0.717) is 13.0 Å². The minimum absolute atomic E-state index is 0.156. The second-order valence-electron chi connectivity index (χ2n) is 2.99. The van der Waals surface area contributed by atoms with Gasteiger partial charge in [-0.3, -0.25) is 4.79 Å². The molecule has 0 aliphatic carbocycles. The Labute approximate surface area is 67.0 Å². The summed E-state index contributed by atoms with van der Waals surface area (Å²) in [5.41, 5.74) is 0. The minimum atomic E-state index is -0.292. The summed E-state index contributed by atoms with van der Waals surface area (Å²) in [5, 5.41) is 9.23. The summed E-state index contributed by atoms with van der Waals surface area (Å²) < 4.78 is 0. The average Bonchev–Trinajstić information content (AvgIpc) is 2.03. The van der Waals surface area contributed by atoms with Crippen LogP contribution in [-0.2, 0) is 4.79 Å². The predicted octanol–water partition coefficient (Wildman–Crippen LogP) is 0.380. The van der Waals surface area contributed by atoms with E-state index < -0.39 is 0 Å². The number of hydrogen-bond donors (Lipinski definition) is 1. The fraction of sp³-hybridized carbons (Fsp3) is 0.875. The Bertz CT molecular complexity index is 147. The predicted molar refractivity (Wildman–Crippen MR) is 42.1 cm³/mol. The highest BCUT2D eigenvalue weighted by atomic mass is 16.3. The third kappa shape index (κ3) is 2.19. The SMILES string of the molecule is CCC(=O)N1CCC[C@H](O)C1. The Morgan fingerprint density at radius 1 is 1.73 bits per heavy atom. The van der Waals surface area contributed by atoms with Crippen LogP contribution in [-0.4, -0.2) is 35.1 Å². The van der Waals surface area contributed by atoms with Crippen molar-refractivity contribution < 1.29 is 9.90 Å². The van der Waals surface area contributed by atoms with Crippen LogP contribution in [0.4, 0.5) is 0 Å². The number of β-amino-alcohol motifs (C(OH)–C–C–N with tert-alkyl or cyclic N) is 1. The number of carbonyl (C=O) groups excluding carboxylic acids is 1. The number of aliphatic hydroxyl groups excluding tert-OH is 1. The van der Waals surface area contributed by atoms with Crippen molar-refractivity contribution in [3.63, 3.8) is 0 Å². The second kappa shape index (κ2) is 3.72. The lowest BCUT2D eigenvalue weighted by Gasteiger charge is -2.29. The van der Waals surface area contributed by atoms with Crippen molar-refractivity contribution in [2.45, 2.75) is 32.3 Å². The van der Waals surface area contributed by atoms with Crippen molar-refractivity contribution in [2.24, 2.45) is 0 Å². The summed E-state index contributed by atoms with van der Waals surface area (Å²) in [6, 6.07) is 0. The molecule has 0 aromatic rings. The first kappa shape index (κ1) is 8.53. The molecule has 1 rings (SSSR count). The van der Waals surface area contributed by atoms with Crippen molar-refractivity contribution in [2.75, 3.05) is 13.1 Å². The van der Waals surface area contributed by atoms with E-state index in [1.165, 1.54) is 0 Å². The van der Waals surface area contributed by atoms with E-state index in [0.717, 1.165) is 19.4 Å². The van der Waals surface area contributed by atoms with E-state index in [-0.39, 0.29) is 12.0 Å². The second-order valence-corrected chi connectivity index (χ2v) is 2.99. The van der Waals surface area contributed by atoms with E-state index in [1.54, 1.807) is 4.90 Å². The first-order valence-electron chi connectivity index (χ1n) is 4.20. The molecule has 1 heterocycles. The molecule has 1 aliphatic heterocycles. The highest BCUT2D eigenvalue weighted by Gasteiger charge is 2.20. The number of hydrogen-bond acceptors (Lipinski definition) is 2. The maximum absolute atomic E-state index is 11.1. The van der Waals surface area contributed by atoms with Gasteiger partial charge in [0.2, 0.25) is 5.91 Å². The van der Waals surface area contributed by atoms with Gasteiger partial charge in [0.25, 0.3) is 0 Å². The van der Waals surface area contributed by atoms with Crippen LogP contribution in [0, 0.1) is 0 Å². The number of likely N-dealkylation sites (tertiary alicyclic amines) is 1. The quantitative estimate of drug-likeness (QED) is 0.597. The molecule has 1 saturated heterocycles. The lowest BCUT2D eigenvalue weighted by Crippen LogP contribution is -2.41. The Hall–Kier alpha value is -0.570. The normalized spacial score (nSPS) is 25.3. The van der Waals surface area contributed by atoms with Gasteiger partial charge in [-0.05, 0) is 12.8 Å². The summed E-state index contributed by atoms with van der Waals surface area (Å²) in [6.45, 7) is 3.21. The Morgan fingerprint density at radius 2 is 2.45 bits per heavy atom. The first-order chi connectivity index (χ1) is 5.24. The van der Waals surface area contributed by atoms with Gasteiger partial charge in [0.15, 0.2) is 0 Å². The van der Waals surface area contributed by atoms with E-state index in [4.69, 9.17) is 0 Å². The van der Waals surface area contributed by atoms with Crippen molar-refractivity contribution in [1.29, 1.82) is 0 Å². The summed E-state index contributed by atoms with van der Waals surface area (Å²) in [4.78, 5) is 12.9. The third-order valence-electron chi connectivity index (χ3n) is 2.05. The number of amides is 1. The summed E-state index contributed by atoms with van der Waals surface area (Å²) in [6.07, 6.45) is 2.03.